The number of anilines is 1. The summed E-state index contributed by atoms with van der Waals surface area (Å²) in [4.78, 5) is 30.9. The predicted octanol–water partition coefficient (Wildman–Crippen LogP) is 3.21. The molecule has 1 atom stereocenters. The van der Waals surface area contributed by atoms with Gasteiger partial charge in [-0.2, -0.15) is 11.8 Å². The van der Waals surface area contributed by atoms with Gasteiger partial charge in [0, 0.05) is 29.5 Å². The second kappa shape index (κ2) is 9.43. The highest BCUT2D eigenvalue weighted by Gasteiger charge is 2.31. The molecule has 0 aliphatic carbocycles. The largest absolute Gasteiger partial charge is 0.465 e. The van der Waals surface area contributed by atoms with Crippen molar-refractivity contribution in [2.75, 3.05) is 24.4 Å². The van der Waals surface area contributed by atoms with E-state index in [-0.39, 0.29) is 18.8 Å². The minimum Gasteiger partial charge on any atom is -0.465 e. The zero-order valence-electron chi connectivity index (χ0n) is 15.5. The van der Waals surface area contributed by atoms with E-state index in [1.54, 1.807) is 49.0 Å². The van der Waals surface area contributed by atoms with Crippen LogP contribution in [0.1, 0.15) is 25.2 Å². The molecule has 0 bridgehead atoms. The highest BCUT2D eigenvalue weighted by atomic mass is 32.2. The van der Waals surface area contributed by atoms with Crippen molar-refractivity contribution in [1.82, 2.24) is 4.98 Å². The van der Waals surface area contributed by atoms with Gasteiger partial charge in [0.25, 0.3) is 0 Å². The third kappa shape index (κ3) is 4.88. The Kier molecular flexibility index (Phi) is 7.26. The number of pyridine rings is 1. The van der Waals surface area contributed by atoms with Crippen LogP contribution in [0.3, 0.4) is 0 Å². The van der Waals surface area contributed by atoms with Gasteiger partial charge in [-0.25, -0.2) is 4.79 Å². The lowest BCUT2D eigenvalue weighted by Crippen LogP contribution is -2.29. The fraction of sp³-hybridized carbons (Fsp3) is 0.421. The molecule has 1 aromatic rings. The fourth-order valence-electron chi connectivity index (χ4n) is 2.64. The van der Waals surface area contributed by atoms with E-state index in [0.717, 1.165) is 22.8 Å². The van der Waals surface area contributed by atoms with Crippen molar-refractivity contribution in [1.29, 1.82) is 0 Å². The van der Waals surface area contributed by atoms with Crippen LogP contribution in [-0.2, 0) is 24.8 Å². The van der Waals surface area contributed by atoms with E-state index < -0.39 is 17.9 Å². The molecule has 0 aromatic carbocycles. The summed E-state index contributed by atoms with van der Waals surface area (Å²) in [6.45, 7) is 5.89. The van der Waals surface area contributed by atoms with Crippen LogP contribution in [0, 0.1) is 12.8 Å². The van der Waals surface area contributed by atoms with E-state index in [1.165, 1.54) is 0 Å². The van der Waals surface area contributed by atoms with Crippen LogP contribution in [0.2, 0.25) is 0 Å². The van der Waals surface area contributed by atoms with Gasteiger partial charge in [0.2, 0.25) is 0 Å². The molecule has 0 amide bonds. The molecule has 1 aliphatic rings. The Balaban J connectivity index is 2.38. The lowest BCUT2D eigenvalue weighted by Gasteiger charge is -2.25. The monoisotopic (exact) mass is 376 g/mol. The maximum atomic E-state index is 12.4. The number of rotatable bonds is 7. The highest BCUT2D eigenvalue weighted by molar-refractivity contribution is 7.97. The van der Waals surface area contributed by atoms with Crippen LogP contribution in [-0.4, -0.2) is 36.4 Å². The van der Waals surface area contributed by atoms with E-state index in [9.17, 15) is 9.59 Å². The topological polar surface area (TPSA) is 68.7 Å². The Morgan fingerprint density at radius 2 is 1.96 bits per heavy atom. The second-order valence-corrected chi connectivity index (χ2v) is 6.54. The van der Waals surface area contributed by atoms with Crippen LogP contribution < -0.4 is 4.90 Å². The molecule has 1 aliphatic heterocycles. The molecule has 2 heterocycles. The van der Waals surface area contributed by atoms with Gasteiger partial charge in [0.1, 0.15) is 5.92 Å². The minimum absolute atomic E-state index is 0.238. The quantitative estimate of drug-likeness (QED) is 0.677. The summed E-state index contributed by atoms with van der Waals surface area (Å²) in [7, 11) is 0. The van der Waals surface area contributed by atoms with Crippen molar-refractivity contribution in [3.05, 3.63) is 47.6 Å². The SMILES string of the molecule is CCOC(=O)C1=CN(c2cc(C)nc(CSC)c2)C=CC1C(=O)OCC. The van der Waals surface area contributed by atoms with E-state index in [0.29, 0.717) is 0 Å². The van der Waals surface area contributed by atoms with Gasteiger partial charge in [0.15, 0.2) is 0 Å². The molecule has 0 saturated heterocycles. The first-order chi connectivity index (χ1) is 12.5. The summed E-state index contributed by atoms with van der Waals surface area (Å²) < 4.78 is 10.2. The fourth-order valence-corrected chi connectivity index (χ4v) is 3.08. The summed E-state index contributed by atoms with van der Waals surface area (Å²) in [5.74, 6) is -0.947. The van der Waals surface area contributed by atoms with Crippen LogP contribution >= 0.6 is 11.8 Å². The lowest BCUT2D eigenvalue weighted by molar-refractivity contribution is -0.148. The number of aryl methyl sites for hydroxylation is 1. The van der Waals surface area contributed by atoms with E-state index in [2.05, 4.69) is 4.98 Å². The van der Waals surface area contributed by atoms with Crippen molar-refractivity contribution in [2.24, 2.45) is 5.92 Å². The Morgan fingerprint density at radius 1 is 1.23 bits per heavy atom. The summed E-state index contributed by atoms with van der Waals surface area (Å²) in [5.41, 5.74) is 2.98. The van der Waals surface area contributed by atoms with Crippen LogP contribution in [0.5, 0.6) is 0 Å². The minimum atomic E-state index is -0.765. The molecule has 0 spiro atoms. The number of carbonyl (C=O) groups excluding carboxylic acids is 2. The zero-order valence-corrected chi connectivity index (χ0v) is 16.3. The van der Waals surface area contributed by atoms with Crippen molar-refractivity contribution >= 4 is 29.4 Å². The lowest BCUT2D eigenvalue weighted by atomic mass is 9.97. The number of carbonyl (C=O) groups is 2. The molecular weight excluding hydrogens is 352 g/mol. The maximum absolute atomic E-state index is 12.4. The number of hydrogen-bond acceptors (Lipinski definition) is 7. The smallest absolute Gasteiger partial charge is 0.336 e. The molecule has 1 unspecified atom stereocenters. The maximum Gasteiger partial charge on any atom is 0.336 e. The van der Waals surface area contributed by atoms with Gasteiger partial charge < -0.3 is 14.4 Å². The molecule has 0 fully saturated rings. The Bertz CT molecular complexity index is 730. The molecule has 1 aromatic heterocycles. The van der Waals surface area contributed by atoms with Crippen molar-refractivity contribution in [3.8, 4) is 0 Å². The number of ether oxygens (including phenoxy) is 2. The summed E-state index contributed by atoms with van der Waals surface area (Å²) in [6.07, 6.45) is 7.08. The Labute approximate surface area is 158 Å². The first-order valence-electron chi connectivity index (χ1n) is 8.48. The molecule has 2 rings (SSSR count). The molecule has 0 saturated carbocycles. The van der Waals surface area contributed by atoms with Crippen molar-refractivity contribution in [3.63, 3.8) is 0 Å². The van der Waals surface area contributed by atoms with Gasteiger partial charge in [-0.15, -0.1) is 0 Å². The van der Waals surface area contributed by atoms with Crippen LogP contribution in [0.15, 0.2) is 36.2 Å². The molecule has 140 valence electrons. The normalized spacial score (nSPS) is 16.2. The highest BCUT2D eigenvalue weighted by Crippen LogP contribution is 2.28. The molecular formula is C19H24N2O4S. The third-order valence-corrected chi connectivity index (χ3v) is 4.27. The van der Waals surface area contributed by atoms with Gasteiger partial charge in [-0.05, 0) is 45.2 Å². The van der Waals surface area contributed by atoms with E-state index >= 15 is 0 Å². The number of aromatic nitrogens is 1. The van der Waals surface area contributed by atoms with E-state index in [1.807, 2.05) is 25.3 Å². The van der Waals surface area contributed by atoms with Gasteiger partial charge in [-0.1, -0.05) is 0 Å². The number of hydrogen-bond donors (Lipinski definition) is 0. The third-order valence-electron chi connectivity index (χ3n) is 3.69. The van der Waals surface area contributed by atoms with Crippen molar-refractivity contribution < 1.29 is 19.1 Å². The predicted molar refractivity (Wildman–Crippen MR) is 103 cm³/mol. The van der Waals surface area contributed by atoms with E-state index in [4.69, 9.17) is 9.47 Å². The summed E-state index contributed by atoms with van der Waals surface area (Å²) in [5, 5.41) is 0. The van der Waals surface area contributed by atoms with Gasteiger partial charge in [0.05, 0.1) is 24.5 Å². The Hall–Kier alpha value is -2.28. The molecule has 0 radical (unpaired) electrons. The van der Waals surface area contributed by atoms with Crippen LogP contribution in [0.4, 0.5) is 5.69 Å². The second-order valence-electron chi connectivity index (χ2n) is 5.67. The van der Waals surface area contributed by atoms with Crippen LogP contribution in [0.25, 0.3) is 0 Å². The molecule has 7 heteroatoms. The average Bonchev–Trinajstić information content (AvgIpc) is 2.61. The number of thioether (sulfide) groups is 1. The van der Waals surface area contributed by atoms with Gasteiger partial charge >= 0.3 is 11.9 Å². The first kappa shape index (κ1) is 20.0. The first-order valence-corrected chi connectivity index (χ1v) is 9.88. The number of esters is 2. The van der Waals surface area contributed by atoms with Crippen molar-refractivity contribution in [2.45, 2.75) is 26.5 Å². The zero-order chi connectivity index (χ0) is 19.1. The average molecular weight is 376 g/mol. The summed E-state index contributed by atoms with van der Waals surface area (Å²) >= 11 is 1.69. The Morgan fingerprint density at radius 3 is 2.62 bits per heavy atom. The standard InChI is InChI=1S/C19H24N2O4S/c1-5-24-18(22)16-7-8-21(11-17(16)19(23)25-6-2)15-9-13(3)20-14(10-15)12-26-4/h7-11,16H,5-6,12H2,1-4H3. The molecule has 26 heavy (non-hydrogen) atoms. The number of nitrogens with zero attached hydrogens (tertiary/aromatic N) is 2. The molecule has 0 N–H and O–H groups in total. The van der Waals surface area contributed by atoms with Gasteiger partial charge in [-0.3, -0.25) is 9.78 Å². The molecule has 6 nitrogen and oxygen atoms in total. The summed E-state index contributed by atoms with van der Waals surface area (Å²) in [6, 6.07) is 3.90.